The third-order valence-electron chi connectivity index (χ3n) is 1.78. The maximum atomic E-state index is 4.15. The molecule has 1 aliphatic carbocycles. The summed E-state index contributed by atoms with van der Waals surface area (Å²) in [5, 5.41) is 0. The molecule has 0 amide bonds. The van der Waals surface area contributed by atoms with Crippen LogP contribution in [0.5, 0.6) is 0 Å². The average Bonchev–Trinajstić information content (AvgIpc) is 2.63. The van der Waals surface area contributed by atoms with Crippen LogP contribution >= 0.6 is 0 Å². The molecule has 0 aliphatic heterocycles. The zero-order chi connectivity index (χ0) is 6.53. The lowest BCUT2D eigenvalue weighted by Gasteiger charge is -1.91. The van der Waals surface area contributed by atoms with Gasteiger partial charge in [0, 0.05) is 6.54 Å². The van der Waals surface area contributed by atoms with Gasteiger partial charge in [0.1, 0.15) is 0 Å². The summed E-state index contributed by atoms with van der Waals surface area (Å²) >= 11 is 0. The standard InChI is InChI=1S/C8H15N/c1-2-9-7-3-4-8-5-6-8/h2,8H,3-7H2,1H3. The van der Waals surface area contributed by atoms with Crippen molar-refractivity contribution in [3.8, 4) is 0 Å². The van der Waals surface area contributed by atoms with Crippen molar-refractivity contribution in [1.29, 1.82) is 0 Å². The van der Waals surface area contributed by atoms with Crippen molar-refractivity contribution < 1.29 is 0 Å². The molecule has 0 N–H and O–H groups in total. The van der Waals surface area contributed by atoms with Gasteiger partial charge in [0.2, 0.25) is 0 Å². The minimum absolute atomic E-state index is 1.05. The molecule has 1 saturated carbocycles. The molecule has 0 atom stereocenters. The molecule has 1 rings (SSSR count). The van der Waals surface area contributed by atoms with Crippen molar-refractivity contribution in [2.45, 2.75) is 32.6 Å². The second-order valence-electron chi connectivity index (χ2n) is 2.75. The van der Waals surface area contributed by atoms with Crippen LogP contribution in [0.15, 0.2) is 4.99 Å². The Bertz CT molecular complexity index is 92.7. The number of hydrogen-bond donors (Lipinski definition) is 0. The molecule has 0 aromatic carbocycles. The lowest BCUT2D eigenvalue weighted by atomic mass is 10.2. The lowest BCUT2D eigenvalue weighted by molar-refractivity contribution is 0.676. The Hall–Kier alpha value is -0.330. The van der Waals surface area contributed by atoms with E-state index in [1.165, 1.54) is 25.7 Å². The summed E-state index contributed by atoms with van der Waals surface area (Å²) in [6, 6.07) is 0. The van der Waals surface area contributed by atoms with Gasteiger partial charge in [-0.15, -0.1) is 0 Å². The van der Waals surface area contributed by atoms with E-state index in [1.807, 2.05) is 13.1 Å². The van der Waals surface area contributed by atoms with E-state index in [0.29, 0.717) is 0 Å². The maximum Gasteiger partial charge on any atom is 0.0385 e. The summed E-state index contributed by atoms with van der Waals surface area (Å²) in [4.78, 5) is 4.15. The first kappa shape index (κ1) is 6.79. The van der Waals surface area contributed by atoms with E-state index in [0.717, 1.165) is 12.5 Å². The Morgan fingerprint density at radius 2 is 2.33 bits per heavy atom. The molecule has 52 valence electrons. The Morgan fingerprint density at radius 3 is 2.89 bits per heavy atom. The van der Waals surface area contributed by atoms with Crippen LogP contribution in [-0.2, 0) is 0 Å². The number of aliphatic imine (C=N–C) groups is 1. The summed E-state index contributed by atoms with van der Waals surface area (Å²) in [5.74, 6) is 1.08. The monoisotopic (exact) mass is 125 g/mol. The third kappa shape index (κ3) is 3.28. The minimum Gasteiger partial charge on any atom is -0.298 e. The summed E-state index contributed by atoms with van der Waals surface area (Å²) in [6.07, 6.45) is 7.57. The van der Waals surface area contributed by atoms with Gasteiger partial charge >= 0.3 is 0 Å². The summed E-state index contributed by atoms with van der Waals surface area (Å²) in [7, 11) is 0. The average molecular weight is 125 g/mol. The molecule has 0 radical (unpaired) electrons. The molecule has 9 heavy (non-hydrogen) atoms. The van der Waals surface area contributed by atoms with Gasteiger partial charge < -0.3 is 0 Å². The van der Waals surface area contributed by atoms with E-state index in [4.69, 9.17) is 0 Å². The van der Waals surface area contributed by atoms with Crippen LogP contribution in [0.2, 0.25) is 0 Å². The van der Waals surface area contributed by atoms with E-state index >= 15 is 0 Å². The van der Waals surface area contributed by atoms with Gasteiger partial charge in [0.05, 0.1) is 0 Å². The highest BCUT2D eigenvalue weighted by Gasteiger charge is 2.19. The van der Waals surface area contributed by atoms with Crippen molar-refractivity contribution in [2.24, 2.45) is 10.9 Å². The van der Waals surface area contributed by atoms with E-state index in [2.05, 4.69) is 4.99 Å². The zero-order valence-electron chi connectivity index (χ0n) is 6.14. The molecular weight excluding hydrogens is 110 g/mol. The molecule has 1 nitrogen and oxygen atoms in total. The summed E-state index contributed by atoms with van der Waals surface area (Å²) in [5.41, 5.74) is 0. The van der Waals surface area contributed by atoms with Gasteiger partial charge in [0.15, 0.2) is 0 Å². The normalized spacial score (nSPS) is 19.2. The van der Waals surface area contributed by atoms with Crippen LogP contribution in [0.4, 0.5) is 0 Å². The molecule has 1 heteroatoms. The fourth-order valence-corrected chi connectivity index (χ4v) is 1.01. The molecule has 0 heterocycles. The van der Waals surface area contributed by atoms with Gasteiger partial charge in [-0.3, -0.25) is 4.99 Å². The van der Waals surface area contributed by atoms with Crippen molar-refractivity contribution in [3.63, 3.8) is 0 Å². The highest BCUT2D eigenvalue weighted by Crippen LogP contribution is 2.33. The minimum atomic E-state index is 1.05. The maximum absolute atomic E-state index is 4.15. The summed E-state index contributed by atoms with van der Waals surface area (Å²) < 4.78 is 0. The van der Waals surface area contributed by atoms with Crippen molar-refractivity contribution in [1.82, 2.24) is 0 Å². The topological polar surface area (TPSA) is 12.4 Å². The fourth-order valence-electron chi connectivity index (χ4n) is 1.01. The third-order valence-corrected chi connectivity index (χ3v) is 1.78. The molecule has 0 saturated heterocycles. The van der Waals surface area contributed by atoms with Crippen molar-refractivity contribution >= 4 is 6.21 Å². The summed E-state index contributed by atoms with van der Waals surface area (Å²) in [6.45, 7) is 3.03. The molecule has 1 aliphatic rings. The van der Waals surface area contributed by atoms with Crippen LogP contribution in [0.25, 0.3) is 0 Å². The van der Waals surface area contributed by atoms with E-state index < -0.39 is 0 Å². The van der Waals surface area contributed by atoms with Gasteiger partial charge in [0.25, 0.3) is 0 Å². The van der Waals surface area contributed by atoms with Gasteiger partial charge in [-0.25, -0.2) is 0 Å². The van der Waals surface area contributed by atoms with Crippen molar-refractivity contribution in [3.05, 3.63) is 0 Å². The number of rotatable bonds is 4. The zero-order valence-corrected chi connectivity index (χ0v) is 6.14. The van der Waals surface area contributed by atoms with Gasteiger partial charge in [-0.2, -0.15) is 0 Å². The largest absolute Gasteiger partial charge is 0.298 e. The molecular formula is C8H15N. The van der Waals surface area contributed by atoms with Crippen molar-refractivity contribution in [2.75, 3.05) is 6.54 Å². The quantitative estimate of drug-likeness (QED) is 0.403. The molecule has 0 spiro atoms. The molecule has 0 bridgehead atoms. The van der Waals surface area contributed by atoms with Gasteiger partial charge in [-0.05, 0) is 31.9 Å². The second kappa shape index (κ2) is 3.65. The molecule has 0 aromatic heterocycles. The Labute approximate surface area is 57.2 Å². The first-order chi connectivity index (χ1) is 4.43. The van der Waals surface area contributed by atoms with E-state index in [-0.39, 0.29) is 0 Å². The first-order valence-electron chi connectivity index (χ1n) is 3.88. The van der Waals surface area contributed by atoms with E-state index in [1.54, 1.807) is 0 Å². The Kier molecular flexibility index (Phi) is 2.75. The second-order valence-corrected chi connectivity index (χ2v) is 2.75. The van der Waals surface area contributed by atoms with Gasteiger partial charge in [-0.1, -0.05) is 12.8 Å². The van der Waals surface area contributed by atoms with Crippen LogP contribution in [0, 0.1) is 5.92 Å². The smallest absolute Gasteiger partial charge is 0.0385 e. The molecule has 0 unspecified atom stereocenters. The number of nitrogens with zero attached hydrogens (tertiary/aromatic N) is 1. The highest BCUT2D eigenvalue weighted by molar-refractivity contribution is 5.53. The SMILES string of the molecule is CC=NCCCC1CC1. The fraction of sp³-hybridized carbons (Fsp3) is 0.875. The first-order valence-corrected chi connectivity index (χ1v) is 3.88. The predicted molar refractivity (Wildman–Crippen MR) is 41.0 cm³/mol. The van der Waals surface area contributed by atoms with Crippen LogP contribution in [-0.4, -0.2) is 12.8 Å². The Balaban J connectivity index is 1.81. The number of hydrogen-bond acceptors (Lipinski definition) is 1. The Morgan fingerprint density at radius 1 is 1.56 bits per heavy atom. The predicted octanol–water partition coefficient (Wildman–Crippen LogP) is 2.27. The van der Waals surface area contributed by atoms with Crippen LogP contribution < -0.4 is 0 Å². The van der Waals surface area contributed by atoms with Crippen LogP contribution in [0.3, 0.4) is 0 Å². The highest BCUT2D eigenvalue weighted by atomic mass is 14.7. The lowest BCUT2D eigenvalue weighted by Crippen LogP contribution is -1.82. The molecule has 1 fully saturated rings. The van der Waals surface area contributed by atoms with Crippen LogP contribution in [0.1, 0.15) is 32.6 Å². The van der Waals surface area contributed by atoms with E-state index in [9.17, 15) is 0 Å². The molecule has 0 aromatic rings.